The van der Waals surface area contributed by atoms with Gasteiger partial charge in [0.25, 0.3) is 0 Å². The molecule has 6 aromatic carbocycles. The van der Waals surface area contributed by atoms with E-state index in [2.05, 4.69) is 108 Å². The highest BCUT2D eigenvalue weighted by Gasteiger charge is 2.18. The van der Waals surface area contributed by atoms with Crippen LogP contribution in [0.4, 0.5) is 0 Å². The van der Waals surface area contributed by atoms with E-state index in [4.69, 9.17) is 4.42 Å². The van der Waals surface area contributed by atoms with Gasteiger partial charge in [0.2, 0.25) is 0 Å². The van der Waals surface area contributed by atoms with Crippen LogP contribution in [-0.2, 0) is 0 Å². The summed E-state index contributed by atoms with van der Waals surface area (Å²) in [5.74, 6) is 0. The molecule has 0 amide bonds. The molecule has 0 fully saturated rings. The standard InChI is InChI=1S/C37H22N2O/c38-23-24-17-19-26(25-18-20-37-32(22-25)30-12-4-8-16-36(30)40-37)31(21-24)29-11-3-7-15-35(29)39-33-13-5-1-9-27(33)28-10-2-6-14-34(28)39/h1-22H. The summed E-state index contributed by atoms with van der Waals surface area (Å²) in [5.41, 5.74) is 9.99. The number of rotatable bonds is 3. The lowest BCUT2D eigenvalue weighted by molar-refractivity contribution is 0.669. The summed E-state index contributed by atoms with van der Waals surface area (Å²) in [4.78, 5) is 0. The minimum atomic E-state index is 0.630. The van der Waals surface area contributed by atoms with E-state index in [-0.39, 0.29) is 0 Å². The third-order valence-corrected chi connectivity index (χ3v) is 7.85. The van der Waals surface area contributed by atoms with Crippen LogP contribution in [0.1, 0.15) is 5.56 Å². The quantitative estimate of drug-likeness (QED) is 0.237. The largest absolute Gasteiger partial charge is 0.456 e. The van der Waals surface area contributed by atoms with Crippen molar-refractivity contribution in [3.05, 3.63) is 139 Å². The number of hydrogen-bond donors (Lipinski definition) is 0. The van der Waals surface area contributed by atoms with Crippen LogP contribution < -0.4 is 0 Å². The van der Waals surface area contributed by atoms with E-state index in [1.807, 2.05) is 36.4 Å². The Hall–Kier alpha value is -5.59. The van der Waals surface area contributed by atoms with Gasteiger partial charge in [-0.1, -0.05) is 84.9 Å². The maximum Gasteiger partial charge on any atom is 0.135 e. The van der Waals surface area contributed by atoms with Crippen LogP contribution >= 0.6 is 0 Å². The molecule has 186 valence electrons. The zero-order valence-electron chi connectivity index (χ0n) is 21.5. The van der Waals surface area contributed by atoms with Crippen molar-refractivity contribution in [3.8, 4) is 34.0 Å². The van der Waals surface area contributed by atoms with Gasteiger partial charge in [0, 0.05) is 27.1 Å². The fraction of sp³-hybridized carbons (Fsp3) is 0. The lowest BCUT2D eigenvalue weighted by Gasteiger charge is -2.17. The van der Waals surface area contributed by atoms with Crippen molar-refractivity contribution in [2.75, 3.05) is 0 Å². The van der Waals surface area contributed by atoms with Gasteiger partial charge < -0.3 is 8.98 Å². The summed E-state index contributed by atoms with van der Waals surface area (Å²) in [6.07, 6.45) is 0. The molecule has 40 heavy (non-hydrogen) atoms. The molecule has 0 saturated carbocycles. The summed E-state index contributed by atoms with van der Waals surface area (Å²) in [6.45, 7) is 0. The van der Waals surface area contributed by atoms with Crippen molar-refractivity contribution in [2.45, 2.75) is 0 Å². The van der Waals surface area contributed by atoms with E-state index in [9.17, 15) is 5.26 Å². The molecule has 0 bridgehead atoms. The molecule has 0 atom stereocenters. The van der Waals surface area contributed by atoms with Crippen molar-refractivity contribution in [1.82, 2.24) is 4.57 Å². The van der Waals surface area contributed by atoms with Crippen LogP contribution in [0.15, 0.2) is 138 Å². The number of aromatic nitrogens is 1. The zero-order chi connectivity index (χ0) is 26.6. The Balaban J connectivity index is 1.42. The Kier molecular flexibility index (Phi) is 4.89. The molecule has 2 heterocycles. The summed E-state index contributed by atoms with van der Waals surface area (Å²) in [6, 6.07) is 48.4. The number of hydrogen-bond acceptors (Lipinski definition) is 2. The highest BCUT2D eigenvalue weighted by atomic mass is 16.3. The molecule has 0 unspecified atom stereocenters. The third kappa shape index (κ3) is 3.30. The van der Waals surface area contributed by atoms with Gasteiger partial charge in [0.15, 0.2) is 0 Å². The lowest BCUT2D eigenvalue weighted by atomic mass is 9.91. The first kappa shape index (κ1) is 22.4. The number of nitriles is 1. The maximum atomic E-state index is 9.87. The van der Waals surface area contributed by atoms with Crippen LogP contribution in [0.2, 0.25) is 0 Å². The van der Waals surface area contributed by atoms with Gasteiger partial charge in [0.05, 0.1) is 28.4 Å². The van der Waals surface area contributed by atoms with E-state index < -0.39 is 0 Å². The lowest BCUT2D eigenvalue weighted by Crippen LogP contribution is -1.98. The molecule has 8 aromatic rings. The van der Waals surface area contributed by atoms with Gasteiger partial charge in [-0.25, -0.2) is 0 Å². The van der Waals surface area contributed by atoms with E-state index >= 15 is 0 Å². The fourth-order valence-corrected chi connectivity index (χ4v) is 6.06. The Morgan fingerprint density at radius 1 is 0.500 bits per heavy atom. The molecule has 0 aliphatic carbocycles. The maximum absolute atomic E-state index is 9.87. The highest BCUT2D eigenvalue weighted by molar-refractivity contribution is 6.10. The van der Waals surface area contributed by atoms with Gasteiger partial charge in [-0.05, 0) is 65.2 Å². The van der Waals surface area contributed by atoms with Crippen molar-refractivity contribution >= 4 is 43.7 Å². The number of fused-ring (bicyclic) bond motifs is 6. The smallest absolute Gasteiger partial charge is 0.135 e. The fourth-order valence-electron chi connectivity index (χ4n) is 6.06. The molecule has 3 heteroatoms. The van der Waals surface area contributed by atoms with Crippen LogP contribution in [0, 0.1) is 11.3 Å². The second-order valence-corrected chi connectivity index (χ2v) is 10.1. The van der Waals surface area contributed by atoms with E-state index in [0.717, 1.165) is 60.9 Å². The first-order valence-electron chi connectivity index (χ1n) is 13.3. The number of benzene rings is 6. The molecule has 0 aliphatic heterocycles. The predicted molar refractivity (Wildman–Crippen MR) is 164 cm³/mol. The first-order valence-corrected chi connectivity index (χ1v) is 13.3. The zero-order valence-corrected chi connectivity index (χ0v) is 21.5. The predicted octanol–water partition coefficient (Wildman–Crippen LogP) is 9.89. The van der Waals surface area contributed by atoms with E-state index in [1.54, 1.807) is 0 Å². The number of para-hydroxylation sites is 4. The van der Waals surface area contributed by atoms with E-state index in [0.29, 0.717) is 5.56 Å². The van der Waals surface area contributed by atoms with Crippen molar-refractivity contribution in [1.29, 1.82) is 5.26 Å². The third-order valence-electron chi connectivity index (χ3n) is 7.85. The van der Waals surface area contributed by atoms with Crippen molar-refractivity contribution in [2.24, 2.45) is 0 Å². The van der Waals surface area contributed by atoms with Crippen molar-refractivity contribution in [3.63, 3.8) is 0 Å². The molecular formula is C37H22N2O. The number of nitrogens with zero attached hydrogens (tertiary/aromatic N) is 2. The topological polar surface area (TPSA) is 41.9 Å². The average molecular weight is 511 g/mol. The monoisotopic (exact) mass is 510 g/mol. The van der Waals surface area contributed by atoms with Gasteiger partial charge in [-0.3, -0.25) is 0 Å². The summed E-state index contributed by atoms with van der Waals surface area (Å²) in [5, 5.41) is 14.5. The summed E-state index contributed by atoms with van der Waals surface area (Å²) < 4.78 is 8.44. The Bertz CT molecular complexity index is 2240. The molecule has 8 rings (SSSR count). The van der Waals surface area contributed by atoms with Gasteiger partial charge in [-0.15, -0.1) is 0 Å². The molecule has 0 radical (unpaired) electrons. The van der Waals surface area contributed by atoms with Crippen molar-refractivity contribution < 1.29 is 4.42 Å². The van der Waals surface area contributed by atoms with Crippen LogP contribution in [-0.4, -0.2) is 4.57 Å². The Morgan fingerprint density at radius 2 is 1.15 bits per heavy atom. The number of furan rings is 1. The summed E-state index contributed by atoms with van der Waals surface area (Å²) >= 11 is 0. The Labute approximate surface area is 230 Å². The molecular weight excluding hydrogens is 488 g/mol. The van der Waals surface area contributed by atoms with Gasteiger partial charge in [-0.2, -0.15) is 5.26 Å². The minimum absolute atomic E-state index is 0.630. The molecule has 2 aromatic heterocycles. The second kappa shape index (κ2) is 8.73. The van der Waals surface area contributed by atoms with Crippen LogP contribution in [0.5, 0.6) is 0 Å². The van der Waals surface area contributed by atoms with Crippen LogP contribution in [0.25, 0.3) is 71.7 Å². The molecule has 0 saturated heterocycles. The molecule has 3 nitrogen and oxygen atoms in total. The average Bonchev–Trinajstić information content (AvgIpc) is 3.56. The first-order chi connectivity index (χ1) is 19.8. The van der Waals surface area contributed by atoms with Crippen LogP contribution in [0.3, 0.4) is 0 Å². The molecule has 0 aliphatic rings. The van der Waals surface area contributed by atoms with Gasteiger partial charge >= 0.3 is 0 Å². The van der Waals surface area contributed by atoms with E-state index in [1.165, 1.54) is 10.8 Å². The second-order valence-electron chi connectivity index (χ2n) is 10.1. The SMILES string of the molecule is N#Cc1ccc(-c2ccc3oc4ccccc4c3c2)c(-c2ccccc2-n2c3ccccc3c3ccccc32)c1. The Morgan fingerprint density at radius 3 is 1.93 bits per heavy atom. The highest BCUT2D eigenvalue weighted by Crippen LogP contribution is 2.41. The van der Waals surface area contributed by atoms with Gasteiger partial charge in [0.1, 0.15) is 11.2 Å². The summed E-state index contributed by atoms with van der Waals surface area (Å²) in [7, 11) is 0. The normalized spacial score (nSPS) is 11.5. The molecule has 0 spiro atoms. The molecule has 0 N–H and O–H groups in total. The minimum Gasteiger partial charge on any atom is -0.456 e.